The first-order chi connectivity index (χ1) is 15.0. The van der Waals surface area contributed by atoms with E-state index in [1.54, 1.807) is 12.1 Å². The summed E-state index contributed by atoms with van der Waals surface area (Å²) in [5, 5.41) is 0.911. The first-order valence-electron chi connectivity index (χ1n) is 9.79. The van der Waals surface area contributed by atoms with Crippen LogP contribution in [-0.4, -0.2) is 80.4 Å². The van der Waals surface area contributed by atoms with E-state index in [1.165, 1.54) is 4.90 Å². The number of hydrogen-bond acceptors (Lipinski definition) is 7. The third-order valence-electron chi connectivity index (χ3n) is 4.96. The van der Waals surface area contributed by atoms with Gasteiger partial charge in [0.25, 0.3) is 10.5 Å². The van der Waals surface area contributed by atoms with Crippen LogP contribution in [0.25, 0.3) is 0 Å². The van der Waals surface area contributed by atoms with E-state index in [0.717, 1.165) is 34.7 Å². The molecule has 2 saturated heterocycles. The number of thioether (sulfide) groups is 2. The number of nitrogens with one attached hydrogen (secondary N) is 1. The molecule has 4 rings (SSSR count). The van der Waals surface area contributed by atoms with Crippen molar-refractivity contribution in [3.05, 3.63) is 65.7 Å². The Hall–Kier alpha value is -1.78. The van der Waals surface area contributed by atoms with Gasteiger partial charge in [-0.25, -0.2) is 0 Å². The number of amides is 4. The topological polar surface area (TPSA) is 92.8 Å². The number of carbonyl (C=O) groups excluding carboxylic acids is 4. The van der Waals surface area contributed by atoms with Crippen molar-refractivity contribution in [1.29, 1.82) is 0 Å². The molecule has 161 valence electrons. The average molecular weight is 480 g/mol. The van der Waals surface area contributed by atoms with Gasteiger partial charge in [-0.05, 0) is 36.1 Å². The van der Waals surface area contributed by atoms with Crippen molar-refractivity contribution >= 4 is 75.4 Å². The van der Waals surface area contributed by atoms with Crippen LogP contribution in [0.5, 0.6) is 5.75 Å². The minimum absolute atomic E-state index is 0. The zero-order valence-corrected chi connectivity index (χ0v) is 21.1. The smallest absolute Gasteiger partial charge is 0.289 e. The molecule has 0 aromatic heterocycles. The van der Waals surface area contributed by atoms with Crippen molar-refractivity contribution in [2.24, 2.45) is 0 Å². The van der Waals surface area contributed by atoms with E-state index >= 15 is 0 Å². The summed E-state index contributed by atoms with van der Waals surface area (Å²) in [5.41, 5.74) is 1.94. The summed E-state index contributed by atoms with van der Waals surface area (Å²) >= 11 is 2.06. The summed E-state index contributed by atoms with van der Waals surface area (Å²) in [5.74, 6) is 0.161. The van der Waals surface area contributed by atoms with Gasteiger partial charge in [0.2, 0.25) is 11.8 Å². The molecule has 2 aliphatic rings. The van der Waals surface area contributed by atoms with Gasteiger partial charge in [-0.2, -0.15) is 0 Å². The molecule has 32 heavy (non-hydrogen) atoms. The molecule has 2 atom stereocenters. The maximum Gasteiger partial charge on any atom is 0.289 e. The third-order valence-corrected chi connectivity index (χ3v) is 7.02. The van der Waals surface area contributed by atoms with Crippen molar-refractivity contribution < 1.29 is 23.9 Å². The predicted molar refractivity (Wildman–Crippen MR) is 125 cm³/mol. The molecular weight excluding hydrogens is 459 g/mol. The average Bonchev–Trinajstić information content (AvgIpc) is 3.21. The van der Waals surface area contributed by atoms with Crippen LogP contribution in [0.15, 0.2) is 54.6 Å². The normalized spacial score (nSPS) is 20.3. The SMILES string of the molecule is O=C1NC(=O)C(Cc2ccc(OCCN3C(=O)SC(Cc4ccccc4)C3=O)cc2)S1.[Na]. The Morgan fingerprint density at radius 3 is 2.16 bits per heavy atom. The molecule has 1 radical (unpaired) electrons. The molecule has 2 unspecified atom stereocenters. The molecule has 2 fully saturated rings. The van der Waals surface area contributed by atoms with Gasteiger partial charge in [-0.15, -0.1) is 0 Å². The van der Waals surface area contributed by atoms with Crippen molar-refractivity contribution in [3.8, 4) is 5.75 Å². The van der Waals surface area contributed by atoms with Crippen LogP contribution in [0.4, 0.5) is 9.59 Å². The molecule has 0 spiro atoms. The van der Waals surface area contributed by atoms with Crippen LogP contribution in [0.3, 0.4) is 0 Å². The van der Waals surface area contributed by atoms with Crippen molar-refractivity contribution in [2.45, 2.75) is 23.3 Å². The first kappa shape index (κ1) is 24.9. The molecule has 2 heterocycles. The number of ether oxygens (including phenoxy) is 1. The number of nitrogens with zero attached hydrogens (tertiary/aromatic N) is 1. The molecule has 2 aliphatic heterocycles. The number of benzene rings is 2. The van der Waals surface area contributed by atoms with Crippen LogP contribution in [0.2, 0.25) is 0 Å². The van der Waals surface area contributed by atoms with Gasteiger partial charge in [-0.3, -0.25) is 29.4 Å². The van der Waals surface area contributed by atoms with Gasteiger partial charge in [0, 0.05) is 29.6 Å². The number of rotatable bonds is 8. The summed E-state index contributed by atoms with van der Waals surface area (Å²) in [4.78, 5) is 49.0. The van der Waals surface area contributed by atoms with Crippen molar-refractivity contribution in [1.82, 2.24) is 10.2 Å². The maximum absolute atomic E-state index is 12.6. The van der Waals surface area contributed by atoms with E-state index in [-0.39, 0.29) is 65.0 Å². The van der Waals surface area contributed by atoms with E-state index in [0.29, 0.717) is 18.6 Å². The summed E-state index contributed by atoms with van der Waals surface area (Å²) in [7, 11) is 0. The number of imide groups is 2. The molecule has 2 aromatic carbocycles. The van der Waals surface area contributed by atoms with Gasteiger partial charge in [0.05, 0.1) is 17.0 Å². The van der Waals surface area contributed by atoms with Gasteiger partial charge < -0.3 is 4.74 Å². The molecule has 7 nitrogen and oxygen atoms in total. The Morgan fingerprint density at radius 2 is 1.50 bits per heavy atom. The van der Waals surface area contributed by atoms with Gasteiger partial charge in [-0.1, -0.05) is 66.0 Å². The van der Waals surface area contributed by atoms with Gasteiger partial charge >= 0.3 is 0 Å². The van der Waals surface area contributed by atoms with Gasteiger partial charge in [0.15, 0.2) is 0 Å². The Balaban J connectivity index is 0.00000289. The molecule has 1 N–H and O–H groups in total. The molecular formula is C22H20N2NaO5S2. The van der Waals surface area contributed by atoms with E-state index in [4.69, 9.17) is 4.74 Å². The summed E-state index contributed by atoms with van der Waals surface area (Å²) in [6.07, 6.45) is 0.983. The van der Waals surface area contributed by atoms with E-state index < -0.39 is 10.5 Å². The molecule has 0 aliphatic carbocycles. The van der Waals surface area contributed by atoms with Crippen LogP contribution in [0.1, 0.15) is 11.1 Å². The quantitative estimate of drug-likeness (QED) is 0.582. The zero-order chi connectivity index (χ0) is 21.8. The Labute approximate surface area is 216 Å². The number of carbonyl (C=O) groups is 4. The van der Waals surface area contributed by atoms with Crippen molar-refractivity contribution in [3.63, 3.8) is 0 Å². The molecule has 2 aromatic rings. The fourth-order valence-corrected chi connectivity index (χ4v) is 5.29. The largest absolute Gasteiger partial charge is 0.492 e. The van der Waals surface area contributed by atoms with E-state index in [1.807, 2.05) is 42.5 Å². The summed E-state index contributed by atoms with van der Waals surface area (Å²) in [6, 6.07) is 16.9. The second-order valence-electron chi connectivity index (χ2n) is 7.13. The Kier molecular flexibility index (Phi) is 8.84. The number of hydrogen-bond donors (Lipinski definition) is 1. The summed E-state index contributed by atoms with van der Waals surface area (Å²) < 4.78 is 5.69. The van der Waals surface area contributed by atoms with Gasteiger partial charge in [0.1, 0.15) is 12.4 Å². The standard InChI is InChI=1S/C22H20N2O5S2.Na/c25-19-17(30-21(27)23-19)12-15-6-8-16(9-7-15)29-11-10-24-20(26)18(31-22(24)28)13-14-4-2-1-3-5-14;/h1-9,17-18H,10-13H2,(H,23,25,27);. The molecule has 0 saturated carbocycles. The first-order valence-corrected chi connectivity index (χ1v) is 11.5. The van der Waals surface area contributed by atoms with Crippen LogP contribution < -0.4 is 10.1 Å². The Bertz CT molecular complexity index is 1000. The van der Waals surface area contributed by atoms with Crippen LogP contribution in [-0.2, 0) is 22.4 Å². The van der Waals surface area contributed by atoms with Crippen molar-refractivity contribution in [2.75, 3.05) is 13.2 Å². The Morgan fingerprint density at radius 1 is 0.844 bits per heavy atom. The second-order valence-corrected chi connectivity index (χ2v) is 9.46. The van der Waals surface area contributed by atoms with Crippen LogP contribution in [0, 0.1) is 0 Å². The predicted octanol–water partition coefficient (Wildman–Crippen LogP) is 2.89. The van der Waals surface area contributed by atoms with Crippen LogP contribution >= 0.6 is 23.5 Å². The minimum Gasteiger partial charge on any atom is -0.492 e. The monoisotopic (exact) mass is 479 g/mol. The molecule has 10 heteroatoms. The fraction of sp³-hybridized carbons (Fsp3) is 0.273. The summed E-state index contributed by atoms with van der Waals surface area (Å²) in [6.45, 7) is 0.392. The molecule has 0 bridgehead atoms. The molecule has 4 amide bonds. The van der Waals surface area contributed by atoms with E-state index in [9.17, 15) is 19.2 Å². The van der Waals surface area contributed by atoms with E-state index in [2.05, 4.69) is 5.32 Å². The minimum atomic E-state index is -0.409. The zero-order valence-electron chi connectivity index (χ0n) is 17.5. The fourth-order valence-electron chi connectivity index (χ4n) is 3.38. The third kappa shape index (κ3) is 6.17. The second kappa shape index (κ2) is 11.4. The maximum atomic E-state index is 12.6.